The van der Waals surface area contributed by atoms with Gasteiger partial charge in [-0.3, -0.25) is 9.69 Å². The number of aromatic nitrogens is 2. The molecule has 0 bridgehead atoms. The summed E-state index contributed by atoms with van der Waals surface area (Å²) >= 11 is 0. The van der Waals surface area contributed by atoms with Gasteiger partial charge in [-0.1, -0.05) is 22.9 Å². The van der Waals surface area contributed by atoms with Crippen LogP contribution in [-0.4, -0.2) is 65.6 Å². The Labute approximate surface area is 159 Å². The van der Waals surface area contributed by atoms with E-state index in [0.717, 1.165) is 56.0 Å². The number of piperidine rings is 1. The van der Waals surface area contributed by atoms with Crippen molar-refractivity contribution in [2.24, 2.45) is 0 Å². The third kappa shape index (κ3) is 3.89. The van der Waals surface area contributed by atoms with Crippen LogP contribution in [0, 0.1) is 6.92 Å². The van der Waals surface area contributed by atoms with Crippen LogP contribution in [0.25, 0.3) is 0 Å². The molecule has 2 aromatic rings. The standard InChI is InChI=1S/C20H27N5O2/c1-14-5-7-15(8-6-14)20(26)25-10-3-4-16(13-25)19-22-18(23-27-19)17-12-21-9-11-24(17)2/h5-8,16-17,21H,3-4,9-13H2,1-2H3. The van der Waals surface area contributed by atoms with Gasteiger partial charge in [0.05, 0.1) is 12.0 Å². The van der Waals surface area contributed by atoms with Crippen molar-refractivity contribution in [3.8, 4) is 0 Å². The Bertz CT molecular complexity index is 788. The molecule has 7 nitrogen and oxygen atoms in total. The predicted octanol–water partition coefficient (Wildman–Crippen LogP) is 1.97. The molecular formula is C20H27N5O2. The SMILES string of the molecule is Cc1ccc(C(=O)N2CCCC(c3nc(C4CNCCN4C)no3)C2)cc1. The molecule has 2 aliphatic heterocycles. The number of rotatable bonds is 3. The summed E-state index contributed by atoms with van der Waals surface area (Å²) in [5.74, 6) is 1.58. The van der Waals surface area contributed by atoms with Crippen LogP contribution < -0.4 is 5.32 Å². The van der Waals surface area contributed by atoms with E-state index in [9.17, 15) is 4.79 Å². The van der Waals surface area contributed by atoms with Gasteiger partial charge in [0.15, 0.2) is 5.82 Å². The first-order valence-corrected chi connectivity index (χ1v) is 9.72. The molecule has 1 amide bonds. The van der Waals surface area contributed by atoms with Gasteiger partial charge >= 0.3 is 0 Å². The Hall–Kier alpha value is -2.25. The summed E-state index contributed by atoms with van der Waals surface area (Å²) in [6.45, 7) is 6.22. The average Bonchev–Trinajstić information content (AvgIpc) is 3.18. The minimum atomic E-state index is 0.0793. The maximum Gasteiger partial charge on any atom is 0.253 e. The zero-order valence-electron chi connectivity index (χ0n) is 16.0. The highest BCUT2D eigenvalue weighted by atomic mass is 16.5. The smallest absolute Gasteiger partial charge is 0.253 e. The van der Waals surface area contributed by atoms with Crippen molar-refractivity contribution in [1.82, 2.24) is 25.3 Å². The van der Waals surface area contributed by atoms with Gasteiger partial charge in [0.2, 0.25) is 5.89 Å². The van der Waals surface area contributed by atoms with Crippen molar-refractivity contribution in [3.05, 3.63) is 47.1 Å². The van der Waals surface area contributed by atoms with Crippen molar-refractivity contribution >= 4 is 5.91 Å². The number of hydrogen-bond donors (Lipinski definition) is 1. The quantitative estimate of drug-likeness (QED) is 0.892. The summed E-state index contributed by atoms with van der Waals surface area (Å²) in [5, 5.41) is 7.61. The van der Waals surface area contributed by atoms with Crippen molar-refractivity contribution in [1.29, 1.82) is 0 Å². The lowest BCUT2D eigenvalue weighted by molar-refractivity contribution is 0.0695. The van der Waals surface area contributed by atoms with Crippen LogP contribution in [0.1, 0.15) is 52.4 Å². The molecule has 0 aliphatic carbocycles. The molecule has 0 saturated carbocycles. The molecule has 2 atom stereocenters. The van der Waals surface area contributed by atoms with Crippen molar-refractivity contribution in [3.63, 3.8) is 0 Å². The number of piperazine rings is 1. The van der Waals surface area contributed by atoms with Gasteiger partial charge in [0.1, 0.15) is 0 Å². The zero-order chi connectivity index (χ0) is 18.8. The lowest BCUT2D eigenvalue weighted by Gasteiger charge is -2.31. The molecule has 4 rings (SSSR count). The summed E-state index contributed by atoms with van der Waals surface area (Å²) in [6.07, 6.45) is 1.92. The highest BCUT2D eigenvalue weighted by Crippen LogP contribution is 2.28. The molecule has 144 valence electrons. The number of hydrogen-bond acceptors (Lipinski definition) is 6. The van der Waals surface area contributed by atoms with Crippen LogP contribution in [0.5, 0.6) is 0 Å². The Kier molecular flexibility index (Phi) is 5.22. The maximum atomic E-state index is 12.8. The topological polar surface area (TPSA) is 74.5 Å². The summed E-state index contributed by atoms with van der Waals surface area (Å²) in [5.41, 5.74) is 1.89. The largest absolute Gasteiger partial charge is 0.339 e. The lowest BCUT2D eigenvalue weighted by atomic mass is 9.97. The molecule has 2 unspecified atom stereocenters. The fourth-order valence-corrected chi connectivity index (χ4v) is 3.88. The number of nitrogens with zero attached hydrogens (tertiary/aromatic N) is 4. The van der Waals surface area contributed by atoms with Gasteiger partial charge < -0.3 is 14.7 Å². The van der Waals surface area contributed by atoms with E-state index in [-0.39, 0.29) is 17.9 Å². The van der Waals surface area contributed by atoms with Crippen LogP contribution in [0.4, 0.5) is 0 Å². The molecule has 2 aliphatic rings. The monoisotopic (exact) mass is 369 g/mol. The van der Waals surface area contributed by atoms with E-state index < -0.39 is 0 Å². The minimum absolute atomic E-state index is 0.0793. The zero-order valence-corrected chi connectivity index (χ0v) is 16.0. The van der Waals surface area contributed by atoms with Gasteiger partial charge in [0.25, 0.3) is 5.91 Å². The Balaban J connectivity index is 1.45. The average molecular weight is 369 g/mol. The molecule has 0 spiro atoms. The number of carbonyl (C=O) groups is 1. The molecule has 1 N–H and O–H groups in total. The van der Waals surface area contributed by atoms with Gasteiger partial charge in [-0.15, -0.1) is 0 Å². The predicted molar refractivity (Wildman–Crippen MR) is 102 cm³/mol. The van der Waals surface area contributed by atoms with Crippen molar-refractivity contribution in [2.45, 2.75) is 31.7 Å². The molecule has 2 saturated heterocycles. The van der Waals surface area contributed by atoms with E-state index >= 15 is 0 Å². The first kappa shape index (κ1) is 18.1. The highest BCUT2D eigenvalue weighted by molar-refractivity contribution is 5.94. The molecule has 0 radical (unpaired) electrons. The maximum absolute atomic E-state index is 12.8. The molecule has 1 aromatic heterocycles. The number of likely N-dealkylation sites (N-methyl/N-ethyl adjacent to an activating group) is 1. The Morgan fingerprint density at radius 2 is 2.07 bits per heavy atom. The third-order valence-electron chi connectivity index (χ3n) is 5.62. The fourth-order valence-electron chi connectivity index (χ4n) is 3.88. The Morgan fingerprint density at radius 1 is 1.26 bits per heavy atom. The van der Waals surface area contributed by atoms with Crippen LogP contribution in [0.2, 0.25) is 0 Å². The van der Waals surface area contributed by atoms with E-state index in [1.807, 2.05) is 36.1 Å². The van der Waals surface area contributed by atoms with Crippen molar-refractivity contribution in [2.75, 3.05) is 39.8 Å². The molecule has 7 heteroatoms. The van der Waals surface area contributed by atoms with E-state index in [1.54, 1.807) is 0 Å². The second kappa shape index (κ2) is 7.78. The molecule has 2 fully saturated rings. The normalized spacial score (nSPS) is 24.1. The van der Waals surface area contributed by atoms with E-state index in [1.165, 1.54) is 0 Å². The van der Waals surface area contributed by atoms with Gasteiger partial charge in [-0.05, 0) is 38.9 Å². The number of aryl methyl sites for hydroxylation is 1. The summed E-state index contributed by atoms with van der Waals surface area (Å²) < 4.78 is 5.60. The number of nitrogens with one attached hydrogen (secondary N) is 1. The number of benzene rings is 1. The van der Waals surface area contributed by atoms with E-state index in [0.29, 0.717) is 12.4 Å². The van der Waals surface area contributed by atoms with Crippen LogP contribution in [0.15, 0.2) is 28.8 Å². The molecular weight excluding hydrogens is 342 g/mol. The fraction of sp³-hybridized carbons (Fsp3) is 0.550. The molecule has 1 aromatic carbocycles. The lowest BCUT2D eigenvalue weighted by Crippen LogP contribution is -2.44. The van der Waals surface area contributed by atoms with E-state index in [4.69, 9.17) is 4.52 Å². The summed E-state index contributed by atoms with van der Waals surface area (Å²) in [7, 11) is 2.09. The minimum Gasteiger partial charge on any atom is -0.339 e. The van der Waals surface area contributed by atoms with Crippen molar-refractivity contribution < 1.29 is 9.32 Å². The van der Waals surface area contributed by atoms with Gasteiger partial charge in [-0.2, -0.15) is 4.98 Å². The second-order valence-corrected chi connectivity index (χ2v) is 7.65. The summed E-state index contributed by atoms with van der Waals surface area (Å²) in [4.78, 5) is 21.7. The van der Waals surface area contributed by atoms with Crippen LogP contribution in [-0.2, 0) is 0 Å². The summed E-state index contributed by atoms with van der Waals surface area (Å²) in [6, 6.07) is 7.90. The van der Waals surface area contributed by atoms with Crippen LogP contribution in [0.3, 0.4) is 0 Å². The van der Waals surface area contributed by atoms with E-state index in [2.05, 4.69) is 27.4 Å². The number of carbonyl (C=O) groups excluding carboxylic acids is 1. The Morgan fingerprint density at radius 3 is 2.85 bits per heavy atom. The van der Waals surface area contributed by atoms with Gasteiger partial charge in [-0.25, -0.2) is 0 Å². The number of amides is 1. The third-order valence-corrected chi connectivity index (χ3v) is 5.62. The first-order valence-electron chi connectivity index (χ1n) is 9.72. The second-order valence-electron chi connectivity index (χ2n) is 7.65. The van der Waals surface area contributed by atoms with Gasteiger partial charge in [0, 0.05) is 38.3 Å². The number of likely N-dealkylation sites (tertiary alicyclic amines) is 1. The molecule has 27 heavy (non-hydrogen) atoms. The first-order chi connectivity index (χ1) is 13.1. The molecule has 3 heterocycles. The van der Waals surface area contributed by atoms with Crippen LogP contribution >= 0.6 is 0 Å². The highest BCUT2D eigenvalue weighted by Gasteiger charge is 2.31.